The first-order chi connectivity index (χ1) is 12.6. The van der Waals surface area contributed by atoms with E-state index in [1.807, 2.05) is 56.3 Å². The Bertz CT molecular complexity index is 998. The number of nitrogens with one attached hydrogen (secondary N) is 1. The standard InChI is InChI=1S/C21H20N2O3/c1-13-6-7-18-16(10-13)17(11-14(2)23-18)21(24)22-12-15-4-3-5-19-20(15)26-9-8-25-19/h3-7,10-11H,8-9,12H2,1-2H3,(H,22,24). The summed E-state index contributed by atoms with van der Waals surface area (Å²) < 4.78 is 11.3. The van der Waals surface area contributed by atoms with Gasteiger partial charge in [0.1, 0.15) is 13.2 Å². The van der Waals surface area contributed by atoms with E-state index in [2.05, 4.69) is 10.3 Å². The molecule has 0 saturated carbocycles. The highest BCUT2D eigenvalue weighted by Gasteiger charge is 2.17. The number of rotatable bonds is 3. The first-order valence-electron chi connectivity index (χ1n) is 8.65. The van der Waals surface area contributed by atoms with Crippen LogP contribution in [0.25, 0.3) is 10.9 Å². The molecule has 0 fully saturated rings. The van der Waals surface area contributed by atoms with Gasteiger partial charge in [0.25, 0.3) is 5.91 Å². The Labute approximate surface area is 152 Å². The molecule has 0 aliphatic carbocycles. The van der Waals surface area contributed by atoms with Crippen LogP contribution in [0.1, 0.15) is 27.2 Å². The lowest BCUT2D eigenvalue weighted by Gasteiger charge is -2.21. The summed E-state index contributed by atoms with van der Waals surface area (Å²) in [5, 5.41) is 3.87. The molecule has 1 aliphatic rings. The lowest BCUT2D eigenvalue weighted by atomic mass is 10.0. The maximum Gasteiger partial charge on any atom is 0.252 e. The summed E-state index contributed by atoms with van der Waals surface area (Å²) in [5.41, 5.74) is 4.29. The SMILES string of the molecule is Cc1ccc2nc(C)cc(C(=O)NCc3cccc4c3OCCO4)c2c1. The molecule has 5 heteroatoms. The minimum atomic E-state index is -0.125. The van der Waals surface area contributed by atoms with Crippen LogP contribution < -0.4 is 14.8 Å². The van der Waals surface area contributed by atoms with Crippen molar-refractivity contribution in [2.24, 2.45) is 0 Å². The van der Waals surface area contributed by atoms with Crippen LogP contribution in [0.2, 0.25) is 0 Å². The Hall–Kier alpha value is -3.08. The van der Waals surface area contributed by atoms with E-state index in [4.69, 9.17) is 9.47 Å². The monoisotopic (exact) mass is 348 g/mol. The second-order valence-corrected chi connectivity index (χ2v) is 6.46. The number of ether oxygens (including phenoxy) is 2. The number of amides is 1. The van der Waals surface area contributed by atoms with Gasteiger partial charge in [-0.25, -0.2) is 0 Å². The predicted molar refractivity (Wildman–Crippen MR) is 99.8 cm³/mol. The summed E-state index contributed by atoms with van der Waals surface area (Å²) in [5.74, 6) is 1.31. The second kappa shape index (κ2) is 6.67. The first-order valence-corrected chi connectivity index (χ1v) is 8.65. The third kappa shape index (κ3) is 3.08. The van der Waals surface area contributed by atoms with Crippen molar-refractivity contribution in [1.29, 1.82) is 0 Å². The van der Waals surface area contributed by atoms with Crippen molar-refractivity contribution in [3.05, 3.63) is 64.8 Å². The third-order valence-corrected chi connectivity index (χ3v) is 4.42. The lowest BCUT2D eigenvalue weighted by molar-refractivity contribution is 0.0951. The van der Waals surface area contributed by atoms with Crippen molar-refractivity contribution in [3.63, 3.8) is 0 Å². The number of fused-ring (bicyclic) bond motifs is 2. The van der Waals surface area contributed by atoms with Gasteiger partial charge in [-0.05, 0) is 38.1 Å². The molecular formula is C21H20N2O3. The Morgan fingerprint density at radius 1 is 1.12 bits per heavy atom. The van der Waals surface area contributed by atoms with Gasteiger partial charge in [-0.2, -0.15) is 0 Å². The van der Waals surface area contributed by atoms with Crippen molar-refractivity contribution in [1.82, 2.24) is 10.3 Å². The van der Waals surface area contributed by atoms with E-state index in [1.54, 1.807) is 0 Å². The van der Waals surface area contributed by atoms with E-state index in [0.717, 1.165) is 33.5 Å². The van der Waals surface area contributed by atoms with E-state index >= 15 is 0 Å². The van der Waals surface area contributed by atoms with Crippen molar-refractivity contribution >= 4 is 16.8 Å². The van der Waals surface area contributed by atoms with Crippen LogP contribution in [0.15, 0.2) is 42.5 Å². The van der Waals surface area contributed by atoms with Gasteiger partial charge >= 0.3 is 0 Å². The summed E-state index contributed by atoms with van der Waals surface area (Å²) in [7, 11) is 0. The number of pyridine rings is 1. The van der Waals surface area contributed by atoms with Gasteiger partial charge in [0.2, 0.25) is 0 Å². The molecule has 2 aromatic carbocycles. The molecule has 1 aromatic heterocycles. The number of hydrogen-bond donors (Lipinski definition) is 1. The zero-order chi connectivity index (χ0) is 18.1. The summed E-state index contributed by atoms with van der Waals surface area (Å²) in [6.07, 6.45) is 0. The fraction of sp³-hybridized carbons (Fsp3) is 0.238. The van der Waals surface area contributed by atoms with E-state index in [0.29, 0.717) is 31.1 Å². The topological polar surface area (TPSA) is 60.5 Å². The fourth-order valence-electron chi connectivity index (χ4n) is 3.20. The minimum absolute atomic E-state index is 0.125. The molecule has 5 nitrogen and oxygen atoms in total. The molecular weight excluding hydrogens is 328 g/mol. The number of nitrogens with zero attached hydrogens (tertiary/aromatic N) is 1. The smallest absolute Gasteiger partial charge is 0.252 e. The number of para-hydroxylation sites is 1. The molecule has 132 valence electrons. The van der Waals surface area contributed by atoms with Crippen LogP contribution >= 0.6 is 0 Å². The van der Waals surface area contributed by atoms with Crippen LogP contribution in [-0.4, -0.2) is 24.1 Å². The molecule has 0 bridgehead atoms. The summed E-state index contributed by atoms with van der Waals surface area (Å²) in [6.45, 7) is 5.35. The minimum Gasteiger partial charge on any atom is -0.486 e. The zero-order valence-electron chi connectivity index (χ0n) is 14.8. The molecule has 2 heterocycles. The Morgan fingerprint density at radius 3 is 2.85 bits per heavy atom. The molecule has 3 aromatic rings. The predicted octanol–water partition coefficient (Wildman–Crippen LogP) is 3.55. The quantitative estimate of drug-likeness (QED) is 0.786. The molecule has 0 unspecified atom stereocenters. The number of benzene rings is 2. The van der Waals surface area contributed by atoms with Gasteiger partial charge in [-0.1, -0.05) is 23.8 Å². The summed E-state index contributed by atoms with van der Waals surface area (Å²) in [6, 6.07) is 13.5. The van der Waals surface area contributed by atoms with Crippen LogP contribution in [0.3, 0.4) is 0 Å². The van der Waals surface area contributed by atoms with Crippen LogP contribution in [0.5, 0.6) is 11.5 Å². The normalized spacial score (nSPS) is 12.8. The number of aromatic nitrogens is 1. The molecule has 0 radical (unpaired) electrons. The molecule has 0 saturated heterocycles. The molecule has 0 atom stereocenters. The van der Waals surface area contributed by atoms with E-state index in [9.17, 15) is 4.79 Å². The molecule has 4 rings (SSSR count). The average molecular weight is 348 g/mol. The first kappa shape index (κ1) is 16.4. The lowest BCUT2D eigenvalue weighted by Crippen LogP contribution is -2.24. The van der Waals surface area contributed by atoms with Gasteiger partial charge in [-0.3, -0.25) is 9.78 Å². The van der Waals surface area contributed by atoms with Gasteiger partial charge in [0.15, 0.2) is 11.5 Å². The number of aryl methyl sites for hydroxylation is 2. The molecule has 1 N–H and O–H groups in total. The summed E-state index contributed by atoms with van der Waals surface area (Å²) >= 11 is 0. The van der Waals surface area contributed by atoms with E-state index in [1.165, 1.54) is 0 Å². The Morgan fingerprint density at radius 2 is 1.96 bits per heavy atom. The van der Waals surface area contributed by atoms with Gasteiger partial charge < -0.3 is 14.8 Å². The largest absolute Gasteiger partial charge is 0.486 e. The van der Waals surface area contributed by atoms with Gasteiger partial charge in [-0.15, -0.1) is 0 Å². The summed E-state index contributed by atoms with van der Waals surface area (Å²) in [4.78, 5) is 17.4. The van der Waals surface area contributed by atoms with Gasteiger partial charge in [0.05, 0.1) is 11.1 Å². The highest BCUT2D eigenvalue weighted by atomic mass is 16.6. The highest BCUT2D eigenvalue weighted by Crippen LogP contribution is 2.33. The van der Waals surface area contributed by atoms with Crippen molar-refractivity contribution in [3.8, 4) is 11.5 Å². The van der Waals surface area contributed by atoms with E-state index in [-0.39, 0.29) is 5.91 Å². The molecule has 1 aliphatic heterocycles. The highest BCUT2D eigenvalue weighted by molar-refractivity contribution is 6.06. The maximum absolute atomic E-state index is 12.9. The Balaban J connectivity index is 1.62. The van der Waals surface area contributed by atoms with Crippen molar-refractivity contribution in [2.45, 2.75) is 20.4 Å². The molecule has 26 heavy (non-hydrogen) atoms. The van der Waals surface area contributed by atoms with Crippen molar-refractivity contribution < 1.29 is 14.3 Å². The number of hydrogen-bond acceptors (Lipinski definition) is 4. The van der Waals surface area contributed by atoms with Crippen LogP contribution in [0, 0.1) is 13.8 Å². The van der Waals surface area contributed by atoms with Gasteiger partial charge in [0, 0.05) is 23.2 Å². The van der Waals surface area contributed by atoms with E-state index < -0.39 is 0 Å². The number of carbonyl (C=O) groups is 1. The zero-order valence-corrected chi connectivity index (χ0v) is 14.8. The van der Waals surface area contributed by atoms with Crippen LogP contribution in [-0.2, 0) is 6.54 Å². The molecule has 0 spiro atoms. The fourth-order valence-corrected chi connectivity index (χ4v) is 3.20. The maximum atomic E-state index is 12.9. The van der Waals surface area contributed by atoms with Crippen molar-refractivity contribution in [2.75, 3.05) is 13.2 Å². The van der Waals surface area contributed by atoms with Crippen LogP contribution in [0.4, 0.5) is 0 Å². The average Bonchev–Trinajstić information content (AvgIpc) is 2.65. The number of carbonyl (C=O) groups excluding carboxylic acids is 1. The third-order valence-electron chi connectivity index (χ3n) is 4.42. The Kier molecular flexibility index (Phi) is 4.21. The second-order valence-electron chi connectivity index (χ2n) is 6.46. The molecule has 1 amide bonds.